The van der Waals surface area contributed by atoms with Crippen molar-refractivity contribution in [2.45, 2.75) is 27.4 Å². The van der Waals surface area contributed by atoms with E-state index in [4.69, 9.17) is 21.1 Å². The van der Waals surface area contributed by atoms with Gasteiger partial charge in [0.05, 0.1) is 12.8 Å². The summed E-state index contributed by atoms with van der Waals surface area (Å²) in [4.78, 5) is 24.1. The van der Waals surface area contributed by atoms with Gasteiger partial charge in [-0.05, 0) is 73.4 Å². The van der Waals surface area contributed by atoms with Gasteiger partial charge in [-0.25, -0.2) is 5.43 Å². The summed E-state index contributed by atoms with van der Waals surface area (Å²) in [6, 6.07) is 18.3. The zero-order valence-electron chi connectivity index (χ0n) is 19.2. The fourth-order valence-corrected chi connectivity index (χ4v) is 3.18. The van der Waals surface area contributed by atoms with Crippen LogP contribution >= 0.6 is 11.6 Å². The molecule has 0 saturated heterocycles. The van der Waals surface area contributed by atoms with Crippen molar-refractivity contribution in [1.29, 1.82) is 0 Å². The number of carbonyl (C=O) groups is 2. The lowest BCUT2D eigenvalue weighted by Crippen LogP contribution is -2.32. The Kier molecular flexibility index (Phi) is 8.65. The lowest BCUT2D eigenvalue weighted by molar-refractivity contribution is -0.136. The minimum atomic E-state index is -0.906. The van der Waals surface area contributed by atoms with Gasteiger partial charge in [0.25, 0.3) is 0 Å². The van der Waals surface area contributed by atoms with E-state index in [2.05, 4.69) is 15.8 Å². The third kappa shape index (κ3) is 6.83. The summed E-state index contributed by atoms with van der Waals surface area (Å²) in [5, 5.41) is 6.83. The molecule has 8 heteroatoms. The molecule has 0 aliphatic carbocycles. The molecule has 3 aromatic rings. The van der Waals surface area contributed by atoms with Crippen molar-refractivity contribution in [3.8, 4) is 11.5 Å². The number of hydrazone groups is 1. The van der Waals surface area contributed by atoms with Crippen LogP contribution in [0.3, 0.4) is 0 Å². The second-order valence-corrected chi connectivity index (χ2v) is 7.88. The topological polar surface area (TPSA) is 89.0 Å². The van der Waals surface area contributed by atoms with Crippen LogP contribution in [0, 0.1) is 13.8 Å². The molecule has 0 radical (unpaired) electrons. The Bertz CT molecular complexity index is 1210. The van der Waals surface area contributed by atoms with E-state index in [-0.39, 0.29) is 0 Å². The van der Waals surface area contributed by atoms with Crippen LogP contribution in [0.5, 0.6) is 11.5 Å². The summed E-state index contributed by atoms with van der Waals surface area (Å²) in [6.07, 6.45) is 1.42. The van der Waals surface area contributed by atoms with Crippen LogP contribution in [0.25, 0.3) is 0 Å². The SMILES string of the molecule is CCOc1cc(/C=N/NC(=O)C(=O)Nc2ccc(C)c(Cl)c2)ccc1OCc1ccccc1C. The molecule has 0 fully saturated rings. The van der Waals surface area contributed by atoms with E-state index < -0.39 is 11.8 Å². The van der Waals surface area contributed by atoms with Gasteiger partial charge in [-0.15, -0.1) is 0 Å². The molecule has 0 atom stereocenters. The highest BCUT2D eigenvalue weighted by Crippen LogP contribution is 2.29. The zero-order valence-corrected chi connectivity index (χ0v) is 20.0. The van der Waals surface area contributed by atoms with Gasteiger partial charge >= 0.3 is 11.8 Å². The van der Waals surface area contributed by atoms with Gasteiger partial charge in [-0.3, -0.25) is 9.59 Å². The first-order valence-corrected chi connectivity index (χ1v) is 11.1. The summed E-state index contributed by atoms with van der Waals surface area (Å²) in [5.74, 6) is -0.606. The summed E-state index contributed by atoms with van der Waals surface area (Å²) < 4.78 is 11.7. The van der Waals surface area contributed by atoms with Gasteiger partial charge in [-0.2, -0.15) is 5.10 Å². The average Bonchev–Trinajstić information content (AvgIpc) is 2.82. The van der Waals surface area contributed by atoms with Crippen LogP contribution < -0.4 is 20.2 Å². The van der Waals surface area contributed by atoms with Gasteiger partial charge < -0.3 is 14.8 Å². The highest BCUT2D eigenvalue weighted by molar-refractivity contribution is 6.39. The number of rotatable bonds is 8. The van der Waals surface area contributed by atoms with E-state index in [1.165, 1.54) is 6.21 Å². The lowest BCUT2D eigenvalue weighted by atomic mass is 10.1. The zero-order chi connectivity index (χ0) is 24.5. The molecule has 0 aliphatic rings. The van der Waals surface area contributed by atoms with Crippen LogP contribution in [0.4, 0.5) is 5.69 Å². The number of benzene rings is 3. The summed E-state index contributed by atoms with van der Waals surface area (Å²) >= 11 is 6.04. The standard InChI is InChI=1S/C26H26ClN3O4/c1-4-33-24-13-19(10-12-23(24)34-16-20-8-6-5-7-17(20)2)15-28-30-26(32)25(31)29-21-11-9-18(3)22(27)14-21/h5-15H,4,16H2,1-3H3,(H,29,31)(H,30,32)/b28-15+. The van der Waals surface area contributed by atoms with Crippen LogP contribution in [0.2, 0.25) is 5.02 Å². The third-order valence-corrected chi connectivity index (χ3v) is 5.33. The molecule has 0 aliphatic heterocycles. The third-order valence-electron chi connectivity index (χ3n) is 4.93. The van der Waals surface area contributed by atoms with Gasteiger partial charge in [0.2, 0.25) is 0 Å². The van der Waals surface area contributed by atoms with Crippen molar-refractivity contribution >= 4 is 35.3 Å². The molecule has 7 nitrogen and oxygen atoms in total. The molecule has 0 bridgehead atoms. The number of hydrogen-bond acceptors (Lipinski definition) is 5. The number of aryl methyl sites for hydroxylation is 2. The van der Waals surface area contributed by atoms with E-state index >= 15 is 0 Å². The van der Waals surface area contributed by atoms with Gasteiger partial charge in [0, 0.05) is 10.7 Å². The van der Waals surface area contributed by atoms with E-state index in [9.17, 15) is 9.59 Å². The fourth-order valence-electron chi connectivity index (χ4n) is 2.99. The number of amides is 2. The molecule has 2 N–H and O–H groups in total. The quantitative estimate of drug-likeness (QED) is 0.269. The maximum atomic E-state index is 12.1. The van der Waals surface area contributed by atoms with Gasteiger partial charge in [-0.1, -0.05) is 41.9 Å². The second-order valence-electron chi connectivity index (χ2n) is 7.47. The molecule has 34 heavy (non-hydrogen) atoms. The molecule has 0 heterocycles. The Morgan fingerprint density at radius 3 is 2.47 bits per heavy atom. The van der Waals surface area contributed by atoms with Crippen molar-refractivity contribution in [1.82, 2.24) is 5.43 Å². The summed E-state index contributed by atoms with van der Waals surface area (Å²) in [5.41, 5.74) is 6.40. The van der Waals surface area contributed by atoms with Crippen molar-refractivity contribution in [2.75, 3.05) is 11.9 Å². The molecular weight excluding hydrogens is 454 g/mol. The molecule has 3 aromatic carbocycles. The minimum Gasteiger partial charge on any atom is -0.490 e. The smallest absolute Gasteiger partial charge is 0.329 e. The van der Waals surface area contributed by atoms with E-state index in [0.29, 0.717) is 41.0 Å². The largest absolute Gasteiger partial charge is 0.490 e. The molecular formula is C26H26ClN3O4. The predicted molar refractivity (Wildman–Crippen MR) is 134 cm³/mol. The van der Waals surface area contributed by atoms with Gasteiger partial charge in [0.15, 0.2) is 11.5 Å². The molecule has 0 unspecified atom stereocenters. The molecule has 176 valence electrons. The van der Waals surface area contributed by atoms with Crippen molar-refractivity contribution in [2.24, 2.45) is 5.10 Å². The van der Waals surface area contributed by atoms with E-state index in [1.54, 1.807) is 36.4 Å². The summed E-state index contributed by atoms with van der Waals surface area (Å²) in [7, 11) is 0. The number of anilines is 1. The van der Waals surface area contributed by atoms with E-state index in [0.717, 1.165) is 16.7 Å². The Labute approximate surface area is 203 Å². The Balaban J connectivity index is 1.60. The average molecular weight is 480 g/mol. The number of nitrogens with zero attached hydrogens (tertiary/aromatic N) is 1. The highest BCUT2D eigenvalue weighted by Gasteiger charge is 2.13. The Morgan fingerprint density at radius 1 is 0.941 bits per heavy atom. The monoisotopic (exact) mass is 479 g/mol. The van der Waals surface area contributed by atoms with E-state index in [1.807, 2.05) is 45.0 Å². The molecule has 0 spiro atoms. The Morgan fingerprint density at radius 2 is 1.74 bits per heavy atom. The Hall–Kier alpha value is -3.84. The minimum absolute atomic E-state index is 0.414. The fraction of sp³-hybridized carbons (Fsp3) is 0.192. The first kappa shape index (κ1) is 24.8. The first-order chi connectivity index (χ1) is 16.4. The number of carbonyl (C=O) groups excluding carboxylic acids is 2. The van der Waals surface area contributed by atoms with Crippen LogP contribution in [0.15, 0.2) is 65.8 Å². The number of halogens is 1. The molecule has 0 saturated carbocycles. The lowest BCUT2D eigenvalue weighted by Gasteiger charge is -2.13. The molecule has 0 aromatic heterocycles. The maximum absolute atomic E-state index is 12.1. The molecule has 2 amide bonds. The number of nitrogens with one attached hydrogen (secondary N) is 2. The highest BCUT2D eigenvalue weighted by atomic mass is 35.5. The van der Waals surface area contributed by atoms with Crippen LogP contribution in [-0.4, -0.2) is 24.6 Å². The van der Waals surface area contributed by atoms with Crippen LogP contribution in [-0.2, 0) is 16.2 Å². The van der Waals surface area contributed by atoms with Crippen LogP contribution in [0.1, 0.15) is 29.2 Å². The maximum Gasteiger partial charge on any atom is 0.329 e. The molecule has 3 rings (SSSR count). The van der Waals surface area contributed by atoms with Crippen molar-refractivity contribution in [3.05, 3.63) is 87.9 Å². The predicted octanol–water partition coefficient (Wildman–Crippen LogP) is 5.02. The first-order valence-electron chi connectivity index (χ1n) is 10.7. The number of ether oxygens (including phenoxy) is 2. The second kappa shape index (κ2) is 11.9. The van der Waals surface area contributed by atoms with Crippen molar-refractivity contribution in [3.63, 3.8) is 0 Å². The van der Waals surface area contributed by atoms with Crippen molar-refractivity contribution < 1.29 is 19.1 Å². The normalized spacial score (nSPS) is 10.7. The summed E-state index contributed by atoms with van der Waals surface area (Å²) in [6.45, 7) is 6.63. The number of hydrogen-bond donors (Lipinski definition) is 2. The van der Waals surface area contributed by atoms with Gasteiger partial charge in [0.1, 0.15) is 6.61 Å².